The van der Waals surface area contributed by atoms with Gasteiger partial charge in [-0.1, -0.05) is 50.6 Å². The van der Waals surface area contributed by atoms with Crippen LogP contribution in [0, 0.1) is 5.92 Å². The summed E-state index contributed by atoms with van der Waals surface area (Å²) in [6, 6.07) is 10.6. The summed E-state index contributed by atoms with van der Waals surface area (Å²) in [7, 11) is 0. The van der Waals surface area contributed by atoms with Gasteiger partial charge in [0.15, 0.2) is 0 Å². The number of nitrogens with two attached hydrogens (primary N) is 1. The van der Waals surface area contributed by atoms with Crippen molar-refractivity contribution in [1.29, 1.82) is 0 Å². The molecule has 2 rings (SSSR count). The van der Waals surface area contributed by atoms with Crippen molar-refractivity contribution in [2.75, 3.05) is 0 Å². The van der Waals surface area contributed by atoms with Gasteiger partial charge in [-0.05, 0) is 31.7 Å². The van der Waals surface area contributed by atoms with Crippen molar-refractivity contribution < 1.29 is 4.79 Å². The summed E-state index contributed by atoms with van der Waals surface area (Å²) in [5.41, 5.74) is 7.15. The molecule has 1 aliphatic carbocycles. The number of hydrogen-bond acceptors (Lipinski definition) is 2. The Morgan fingerprint density at radius 3 is 2.57 bits per heavy atom. The SMILES string of the molecule is CC(NC(=O)C1CCCC(N)C1)C(C)(C)c1ccccc1. The minimum absolute atomic E-state index is 0.0859. The zero-order chi connectivity index (χ0) is 15.5. The van der Waals surface area contributed by atoms with Crippen LogP contribution >= 0.6 is 0 Å². The number of rotatable bonds is 4. The summed E-state index contributed by atoms with van der Waals surface area (Å²) < 4.78 is 0. The first-order valence-electron chi connectivity index (χ1n) is 8.02. The molecule has 21 heavy (non-hydrogen) atoms. The number of carbonyl (C=O) groups is 1. The molecule has 3 unspecified atom stereocenters. The smallest absolute Gasteiger partial charge is 0.223 e. The molecule has 116 valence electrons. The van der Waals surface area contributed by atoms with Crippen molar-refractivity contribution in [1.82, 2.24) is 5.32 Å². The van der Waals surface area contributed by atoms with E-state index in [0.717, 1.165) is 25.7 Å². The van der Waals surface area contributed by atoms with Gasteiger partial charge in [0.1, 0.15) is 0 Å². The zero-order valence-electron chi connectivity index (χ0n) is 13.4. The summed E-state index contributed by atoms with van der Waals surface area (Å²) in [5, 5.41) is 3.21. The highest BCUT2D eigenvalue weighted by Crippen LogP contribution is 2.28. The first-order chi connectivity index (χ1) is 9.91. The Hall–Kier alpha value is -1.35. The molecule has 0 spiro atoms. The van der Waals surface area contributed by atoms with E-state index in [4.69, 9.17) is 5.73 Å². The molecule has 0 aromatic heterocycles. The van der Waals surface area contributed by atoms with Crippen molar-refractivity contribution in [3.8, 4) is 0 Å². The Morgan fingerprint density at radius 1 is 1.29 bits per heavy atom. The van der Waals surface area contributed by atoms with Crippen LogP contribution in [-0.2, 0) is 10.2 Å². The monoisotopic (exact) mass is 288 g/mol. The molecule has 1 fully saturated rings. The van der Waals surface area contributed by atoms with Crippen LogP contribution in [0.15, 0.2) is 30.3 Å². The first kappa shape index (κ1) is 16.0. The lowest BCUT2D eigenvalue weighted by Gasteiger charge is -2.35. The Balaban J connectivity index is 2.00. The number of hydrogen-bond donors (Lipinski definition) is 2. The predicted molar refractivity (Wildman–Crippen MR) is 87.0 cm³/mol. The third-order valence-electron chi connectivity index (χ3n) is 5.04. The fourth-order valence-electron chi connectivity index (χ4n) is 3.10. The van der Waals surface area contributed by atoms with Gasteiger partial charge in [-0.3, -0.25) is 4.79 Å². The van der Waals surface area contributed by atoms with E-state index in [1.165, 1.54) is 5.56 Å². The second-order valence-corrected chi connectivity index (χ2v) is 6.94. The molecular formula is C18H28N2O. The van der Waals surface area contributed by atoms with E-state index in [2.05, 4.69) is 38.2 Å². The number of nitrogens with one attached hydrogen (secondary N) is 1. The van der Waals surface area contributed by atoms with Crippen molar-refractivity contribution in [2.45, 2.75) is 64.0 Å². The van der Waals surface area contributed by atoms with Gasteiger partial charge >= 0.3 is 0 Å². The van der Waals surface area contributed by atoms with E-state index >= 15 is 0 Å². The maximum atomic E-state index is 12.5. The largest absolute Gasteiger partial charge is 0.353 e. The average molecular weight is 288 g/mol. The molecule has 0 saturated heterocycles. The molecule has 0 aliphatic heterocycles. The normalized spacial score (nSPS) is 24.4. The average Bonchev–Trinajstić information content (AvgIpc) is 2.48. The Labute approximate surface area is 128 Å². The zero-order valence-corrected chi connectivity index (χ0v) is 13.4. The topological polar surface area (TPSA) is 55.1 Å². The summed E-state index contributed by atoms with van der Waals surface area (Å²) in [4.78, 5) is 12.5. The Bertz CT molecular complexity index is 469. The van der Waals surface area contributed by atoms with Crippen LogP contribution in [0.1, 0.15) is 52.0 Å². The first-order valence-corrected chi connectivity index (χ1v) is 8.02. The van der Waals surface area contributed by atoms with Crippen molar-refractivity contribution in [3.05, 3.63) is 35.9 Å². The van der Waals surface area contributed by atoms with Gasteiger partial charge in [-0.15, -0.1) is 0 Å². The van der Waals surface area contributed by atoms with Crippen molar-refractivity contribution in [3.63, 3.8) is 0 Å². The highest BCUT2D eigenvalue weighted by atomic mass is 16.1. The molecule has 0 radical (unpaired) electrons. The Morgan fingerprint density at radius 2 is 1.95 bits per heavy atom. The third-order valence-corrected chi connectivity index (χ3v) is 5.04. The van der Waals surface area contributed by atoms with Gasteiger partial charge in [0, 0.05) is 23.4 Å². The summed E-state index contributed by atoms with van der Waals surface area (Å²) in [6.07, 6.45) is 3.91. The van der Waals surface area contributed by atoms with Gasteiger partial charge < -0.3 is 11.1 Å². The molecular weight excluding hydrogens is 260 g/mol. The fraction of sp³-hybridized carbons (Fsp3) is 0.611. The van der Waals surface area contributed by atoms with Crippen LogP contribution < -0.4 is 11.1 Å². The number of amides is 1. The quantitative estimate of drug-likeness (QED) is 0.895. The second-order valence-electron chi connectivity index (χ2n) is 6.94. The maximum absolute atomic E-state index is 12.5. The standard InChI is InChI=1S/C18H28N2O/c1-13(18(2,3)15-9-5-4-6-10-15)20-17(21)14-8-7-11-16(19)12-14/h4-6,9-10,13-14,16H,7-8,11-12,19H2,1-3H3,(H,20,21). The van der Waals surface area contributed by atoms with Gasteiger partial charge in [-0.2, -0.15) is 0 Å². The van der Waals surface area contributed by atoms with Crippen LogP contribution in [0.5, 0.6) is 0 Å². The lowest BCUT2D eigenvalue weighted by atomic mass is 9.78. The third kappa shape index (κ3) is 3.85. The van der Waals surface area contributed by atoms with E-state index in [-0.39, 0.29) is 29.3 Å². The predicted octanol–water partition coefficient (Wildman–Crippen LogP) is 2.99. The van der Waals surface area contributed by atoms with E-state index in [0.29, 0.717) is 0 Å². The number of carbonyl (C=O) groups excluding carboxylic acids is 1. The van der Waals surface area contributed by atoms with E-state index in [1.807, 2.05) is 18.2 Å². The van der Waals surface area contributed by atoms with Gasteiger partial charge in [0.2, 0.25) is 5.91 Å². The Kier molecular flexibility index (Phi) is 5.04. The second kappa shape index (κ2) is 6.61. The molecule has 3 atom stereocenters. The van der Waals surface area contributed by atoms with Crippen LogP contribution in [0.4, 0.5) is 0 Å². The maximum Gasteiger partial charge on any atom is 0.223 e. The molecule has 0 heterocycles. The fourth-order valence-corrected chi connectivity index (χ4v) is 3.10. The van der Waals surface area contributed by atoms with E-state index < -0.39 is 0 Å². The highest BCUT2D eigenvalue weighted by Gasteiger charge is 2.32. The summed E-state index contributed by atoms with van der Waals surface area (Å²) >= 11 is 0. The van der Waals surface area contributed by atoms with Crippen molar-refractivity contribution in [2.24, 2.45) is 11.7 Å². The summed E-state index contributed by atoms with van der Waals surface area (Å²) in [6.45, 7) is 6.45. The molecule has 3 N–H and O–H groups in total. The van der Waals surface area contributed by atoms with Gasteiger partial charge in [0.25, 0.3) is 0 Å². The molecule has 3 heteroatoms. The van der Waals surface area contributed by atoms with Crippen molar-refractivity contribution >= 4 is 5.91 Å². The molecule has 1 aromatic rings. The van der Waals surface area contributed by atoms with Crippen LogP contribution in [0.25, 0.3) is 0 Å². The molecule has 3 nitrogen and oxygen atoms in total. The lowest BCUT2D eigenvalue weighted by Crippen LogP contribution is -2.48. The molecule has 0 bridgehead atoms. The molecule has 1 aromatic carbocycles. The van der Waals surface area contributed by atoms with Crippen LogP contribution in [0.3, 0.4) is 0 Å². The minimum Gasteiger partial charge on any atom is -0.353 e. The number of benzene rings is 1. The van der Waals surface area contributed by atoms with Crippen LogP contribution in [0.2, 0.25) is 0 Å². The van der Waals surface area contributed by atoms with Crippen LogP contribution in [-0.4, -0.2) is 18.0 Å². The van der Waals surface area contributed by atoms with E-state index in [1.54, 1.807) is 0 Å². The van der Waals surface area contributed by atoms with Gasteiger partial charge in [0.05, 0.1) is 0 Å². The lowest BCUT2D eigenvalue weighted by molar-refractivity contribution is -0.127. The van der Waals surface area contributed by atoms with Gasteiger partial charge in [-0.25, -0.2) is 0 Å². The molecule has 1 saturated carbocycles. The highest BCUT2D eigenvalue weighted by molar-refractivity contribution is 5.79. The van der Waals surface area contributed by atoms with E-state index in [9.17, 15) is 4.79 Å². The minimum atomic E-state index is -0.0896. The summed E-state index contributed by atoms with van der Waals surface area (Å²) in [5.74, 6) is 0.254. The molecule has 1 amide bonds. The molecule has 1 aliphatic rings.